The normalized spacial score (nSPS) is 29.3. The van der Waals surface area contributed by atoms with Crippen molar-refractivity contribution in [3.05, 3.63) is 35.2 Å². The summed E-state index contributed by atoms with van der Waals surface area (Å²) in [4.78, 5) is 4.08. The van der Waals surface area contributed by atoms with Gasteiger partial charge in [-0.15, -0.1) is 0 Å². The fraction of sp³-hybridized carbons (Fsp3) is 0.364. The molecule has 2 rings (SSSR count). The Morgan fingerprint density at radius 3 is 3.21 bits per heavy atom. The molecule has 1 aliphatic heterocycles. The second-order valence-corrected chi connectivity index (χ2v) is 3.64. The molecule has 0 saturated heterocycles. The number of aliphatic imine (C=N–C) groups is 1. The van der Waals surface area contributed by atoms with Gasteiger partial charge in [0.25, 0.3) is 0 Å². The molecule has 2 unspecified atom stereocenters. The summed E-state index contributed by atoms with van der Waals surface area (Å²) in [5, 5.41) is 0.548. The Morgan fingerprint density at radius 2 is 2.43 bits per heavy atom. The fourth-order valence-corrected chi connectivity index (χ4v) is 1.89. The van der Waals surface area contributed by atoms with E-state index in [4.69, 9.17) is 16.3 Å². The monoisotopic (exact) mass is 209 g/mol. The first-order chi connectivity index (χ1) is 6.81. The van der Waals surface area contributed by atoms with Gasteiger partial charge in [0.2, 0.25) is 0 Å². The van der Waals surface area contributed by atoms with Crippen molar-refractivity contribution >= 4 is 17.8 Å². The third-order valence-electron chi connectivity index (χ3n) is 2.34. The fourth-order valence-electron chi connectivity index (χ4n) is 1.69. The zero-order valence-corrected chi connectivity index (χ0v) is 8.74. The largest absolute Gasteiger partial charge is 0.498 e. The van der Waals surface area contributed by atoms with E-state index < -0.39 is 0 Å². The molecule has 0 bridgehead atoms. The highest BCUT2D eigenvalue weighted by atomic mass is 35.5. The van der Waals surface area contributed by atoms with Crippen molar-refractivity contribution in [3.63, 3.8) is 0 Å². The highest BCUT2D eigenvalue weighted by Crippen LogP contribution is 2.32. The van der Waals surface area contributed by atoms with Crippen LogP contribution in [-0.2, 0) is 4.74 Å². The molecule has 0 spiro atoms. The lowest BCUT2D eigenvalue weighted by Gasteiger charge is -2.26. The maximum absolute atomic E-state index is 5.86. The van der Waals surface area contributed by atoms with Crippen LogP contribution in [0.25, 0.3) is 0 Å². The topological polar surface area (TPSA) is 21.6 Å². The standard InChI is InChI=1S/C11H12ClNO/c1-2-14-10-5-3-4-8-7-13-11(12)6-9(8)10/h3-9H,2H2,1H3. The molecule has 0 fully saturated rings. The summed E-state index contributed by atoms with van der Waals surface area (Å²) >= 11 is 5.86. The number of hydrogen-bond donors (Lipinski definition) is 0. The molecule has 0 aromatic carbocycles. The van der Waals surface area contributed by atoms with Crippen LogP contribution in [0.5, 0.6) is 0 Å². The molecule has 2 atom stereocenters. The summed E-state index contributed by atoms with van der Waals surface area (Å²) in [6.45, 7) is 2.67. The van der Waals surface area contributed by atoms with Crippen LogP contribution < -0.4 is 0 Å². The van der Waals surface area contributed by atoms with E-state index in [1.54, 1.807) is 0 Å². The summed E-state index contributed by atoms with van der Waals surface area (Å²) in [6.07, 6.45) is 9.92. The minimum atomic E-state index is 0.227. The summed E-state index contributed by atoms with van der Waals surface area (Å²) in [5.41, 5.74) is 0. The number of ether oxygens (including phenoxy) is 1. The summed E-state index contributed by atoms with van der Waals surface area (Å²) in [5.74, 6) is 1.50. The molecule has 0 saturated carbocycles. The van der Waals surface area contributed by atoms with Crippen LogP contribution in [0.4, 0.5) is 0 Å². The first-order valence-electron chi connectivity index (χ1n) is 4.74. The Balaban J connectivity index is 2.23. The maximum atomic E-state index is 5.86. The van der Waals surface area contributed by atoms with Gasteiger partial charge in [-0.25, -0.2) is 4.99 Å². The average Bonchev–Trinajstić information content (AvgIpc) is 2.19. The molecule has 3 heteroatoms. The van der Waals surface area contributed by atoms with Crippen molar-refractivity contribution in [1.29, 1.82) is 0 Å². The van der Waals surface area contributed by atoms with Crippen molar-refractivity contribution in [1.82, 2.24) is 0 Å². The second kappa shape index (κ2) is 4.01. The highest BCUT2D eigenvalue weighted by Gasteiger charge is 2.26. The predicted molar refractivity (Wildman–Crippen MR) is 58.3 cm³/mol. The zero-order chi connectivity index (χ0) is 9.97. The van der Waals surface area contributed by atoms with E-state index in [0.717, 1.165) is 5.76 Å². The zero-order valence-electron chi connectivity index (χ0n) is 7.98. The quantitative estimate of drug-likeness (QED) is 0.641. The van der Waals surface area contributed by atoms with Crippen molar-refractivity contribution in [2.45, 2.75) is 6.92 Å². The number of allylic oxidation sites excluding steroid dienone is 4. The number of rotatable bonds is 2. The van der Waals surface area contributed by atoms with Crippen LogP contribution >= 0.6 is 11.6 Å². The highest BCUT2D eigenvalue weighted by molar-refractivity contribution is 6.30. The van der Waals surface area contributed by atoms with Gasteiger partial charge in [0.05, 0.1) is 6.61 Å². The van der Waals surface area contributed by atoms with Gasteiger partial charge >= 0.3 is 0 Å². The van der Waals surface area contributed by atoms with Crippen molar-refractivity contribution in [3.8, 4) is 0 Å². The van der Waals surface area contributed by atoms with Crippen LogP contribution in [0.2, 0.25) is 0 Å². The van der Waals surface area contributed by atoms with Crippen molar-refractivity contribution in [2.24, 2.45) is 16.8 Å². The van der Waals surface area contributed by atoms with Gasteiger partial charge in [-0.05, 0) is 19.1 Å². The van der Waals surface area contributed by atoms with E-state index >= 15 is 0 Å². The Labute approximate surface area is 88.6 Å². The van der Waals surface area contributed by atoms with Crippen LogP contribution in [-0.4, -0.2) is 12.8 Å². The van der Waals surface area contributed by atoms with Gasteiger partial charge in [0.15, 0.2) is 0 Å². The Bertz CT molecular complexity index is 341. The van der Waals surface area contributed by atoms with E-state index in [9.17, 15) is 0 Å². The molecule has 74 valence electrons. The third kappa shape index (κ3) is 1.75. The molecular formula is C11H12ClNO. The molecule has 2 aliphatic rings. The van der Waals surface area contributed by atoms with Gasteiger partial charge in [0.1, 0.15) is 10.9 Å². The molecule has 2 nitrogen and oxygen atoms in total. The summed E-state index contributed by atoms with van der Waals surface area (Å²) in [7, 11) is 0. The minimum Gasteiger partial charge on any atom is -0.498 e. The van der Waals surface area contributed by atoms with Gasteiger partial charge in [0, 0.05) is 18.1 Å². The molecule has 1 aliphatic carbocycles. The lowest BCUT2D eigenvalue weighted by atomic mass is 9.86. The van der Waals surface area contributed by atoms with E-state index in [1.807, 2.05) is 31.4 Å². The van der Waals surface area contributed by atoms with E-state index in [2.05, 4.69) is 11.1 Å². The molecule has 14 heavy (non-hydrogen) atoms. The van der Waals surface area contributed by atoms with Gasteiger partial charge < -0.3 is 4.74 Å². The van der Waals surface area contributed by atoms with E-state index in [0.29, 0.717) is 17.7 Å². The second-order valence-electron chi connectivity index (χ2n) is 3.26. The smallest absolute Gasteiger partial charge is 0.125 e. The van der Waals surface area contributed by atoms with Gasteiger partial charge in [-0.3, -0.25) is 0 Å². The first kappa shape index (κ1) is 9.53. The minimum absolute atomic E-state index is 0.227. The van der Waals surface area contributed by atoms with E-state index in [-0.39, 0.29) is 5.92 Å². The number of halogens is 1. The van der Waals surface area contributed by atoms with Crippen molar-refractivity contribution < 1.29 is 4.74 Å². The Kier molecular flexibility index (Phi) is 2.73. The molecule has 0 amide bonds. The van der Waals surface area contributed by atoms with Gasteiger partial charge in [-0.2, -0.15) is 0 Å². The molecule has 0 N–H and O–H groups in total. The Hall–Kier alpha value is -1.02. The van der Waals surface area contributed by atoms with Crippen LogP contribution in [0, 0.1) is 11.8 Å². The van der Waals surface area contributed by atoms with Crippen LogP contribution in [0.3, 0.4) is 0 Å². The molecule has 0 aromatic heterocycles. The molecule has 1 heterocycles. The van der Waals surface area contributed by atoms with Gasteiger partial charge in [-0.1, -0.05) is 23.8 Å². The number of nitrogens with zero attached hydrogens (tertiary/aromatic N) is 1. The third-order valence-corrected chi connectivity index (χ3v) is 2.56. The van der Waals surface area contributed by atoms with E-state index in [1.165, 1.54) is 0 Å². The number of hydrogen-bond acceptors (Lipinski definition) is 2. The van der Waals surface area contributed by atoms with Crippen LogP contribution in [0.1, 0.15) is 6.92 Å². The lowest BCUT2D eigenvalue weighted by Crippen LogP contribution is -2.21. The van der Waals surface area contributed by atoms with Crippen LogP contribution in [0.15, 0.2) is 40.2 Å². The predicted octanol–water partition coefficient (Wildman–Crippen LogP) is 2.87. The average molecular weight is 210 g/mol. The lowest BCUT2D eigenvalue weighted by molar-refractivity contribution is 0.195. The SMILES string of the molecule is CCOC1=CC=CC2C=NC(Cl)=CC12. The van der Waals surface area contributed by atoms with Crippen molar-refractivity contribution in [2.75, 3.05) is 6.61 Å². The molecular weight excluding hydrogens is 198 g/mol. The summed E-state index contributed by atoms with van der Waals surface area (Å²) < 4.78 is 5.55. The summed E-state index contributed by atoms with van der Waals surface area (Å²) in [6, 6.07) is 0. The Morgan fingerprint density at radius 1 is 1.57 bits per heavy atom. The molecule has 0 aromatic rings. The maximum Gasteiger partial charge on any atom is 0.125 e. The molecule has 0 radical (unpaired) electrons. The first-order valence-corrected chi connectivity index (χ1v) is 5.11. The number of fused-ring (bicyclic) bond motifs is 1.